The Morgan fingerprint density at radius 3 is 2.70 bits per heavy atom. The molecule has 0 radical (unpaired) electrons. The van der Waals surface area contributed by atoms with Gasteiger partial charge in [-0.15, -0.1) is 0 Å². The Morgan fingerprint density at radius 1 is 1.05 bits per heavy atom. The monoisotopic (exact) mass is 273 g/mol. The summed E-state index contributed by atoms with van der Waals surface area (Å²) in [7, 11) is 0. The lowest BCUT2D eigenvalue weighted by Crippen LogP contribution is -2.36. The number of nitrogens with two attached hydrogens (primary N) is 1. The van der Waals surface area contributed by atoms with E-state index in [1.165, 1.54) is 56.6 Å². The molecule has 2 N–H and O–H groups in total. The minimum Gasteiger partial charge on any atom is -0.330 e. The van der Waals surface area contributed by atoms with Crippen molar-refractivity contribution in [2.24, 2.45) is 5.73 Å². The van der Waals surface area contributed by atoms with Crippen molar-refractivity contribution in [3.63, 3.8) is 0 Å². The van der Waals surface area contributed by atoms with Crippen LogP contribution in [0.2, 0.25) is 0 Å². The molecule has 2 heterocycles. The first-order valence-corrected chi connectivity index (χ1v) is 8.10. The molecule has 1 aromatic rings. The van der Waals surface area contributed by atoms with Gasteiger partial charge in [0.25, 0.3) is 0 Å². The standard InChI is InChI=1S/C17H27N3/c18-9-8-15-5-1-2-6-16(15)13-19-10-4-12-20-11-3-7-17(20)14-19/h1-2,5-6,17H,3-4,7-14,18H2. The van der Waals surface area contributed by atoms with Gasteiger partial charge in [0.15, 0.2) is 0 Å². The average molecular weight is 273 g/mol. The molecule has 0 spiro atoms. The van der Waals surface area contributed by atoms with Gasteiger partial charge in [-0.25, -0.2) is 0 Å². The van der Waals surface area contributed by atoms with Gasteiger partial charge in [0, 0.05) is 19.1 Å². The minimum absolute atomic E-state index is 0.743. The summed E-state index contributed by atoms with van der Waals surface area (Å²) < 4.78 is 0. The van der Waals surface area contributed by atoms with Crippen LogP contribution in [0.1, 0.15) is 30.4 Å². The first kappa shape index (κ1) is 14.1. The lowest BCUT2D eigenvalue weighted by molar-refractivity contribution is 0.215. The second-order valence-electron chi connectivity index (χ2n) is 6.23. The topological polar surface area (TPSA) is 32.5 Å². The molecule has 110 valence electrons. The third-order valence-corrected chi connectivity index (χ3v) is 4.81. The van der Waals surface area contributed by atoms with E-state index in [9.17, 15) is 0 Å². The van der Waals surface area contributed by atoms with Gasteiger partial charge in [-0.2, -0.15) is 0 Å². The Hall–Kier alpha value is -0.900. The van der Waals surface area contributed by atoms with E-state index in [0.717, 1.165) is 25.6 Å². The van der Waals surface area contributed by atoms with Crippen LogP contribution >= 0.6 is 0 Å². The smallest absolute Gasteiger partial charge is 0.0237 e. The molecular formula is C17H27N3. The van der Waals surface area contributed by atoms with Gasteiger partial charge in [0.05, 0.1) is 0 Å². The number of hydrogen-bond donors (Lipinski definition) is 1. The molecule has 0 amide bonds. The van der Waals surface area contributed by atoms with Crippen LogP contribution in [-0.2, 0) is 13.0 Å². The molecule has 3 nitrogen and oxygen atoms in total. The lowest BCUT2D eigenvalue weighted by Gasteiger charge is -2.26. The molecule has 2 aliphatic rings. The van der Waals surface area contributed by atoms with Gasteiger partial charge in [-0.05, 0) is 63.0 Å². The zero-order valence-corrected chi connectivity index (χ0v) is 12.4. The van der Waals surface area contributed by atoms with E-state index in [2.05, 4.69) is 34.1 Å². The van der Waals surface area contributed by atoms with Crippen LogP contribution in [0, 0.1) is 0 Å². The Balaban J connectivity index is 1.67. The van der Waals surface area contributed by atoms with Gasteiger partial charge >= 0.3 is 0 Å². The molecule has 3 heteroatoms. The Morgan fingerprint density at radius 2 is 1.85 bits per heavy atom. The van der Waals surface area contributed by atoms with Crippen LogP contribution in [0.25, 0.3) is 0 Å². The number of fused-ring (bicyclic) bond motifs is 1. The van der Waals surface area contributed by atoms with Gasteiger partial charge in [-0.3, -0.25) is 9.80 Å². The summed E-state index contributed by atoms with van der Waals surface area (Å²) in [5, 5.41) is 0. The molecule has 0 aliphatic carbocycles. The fraction of sp³-hybridized carbons (Fsp3) is 0.647. The molecule has 20 heavy (non-hydrogen) atoms. The van der Waals surface area contributed by atoms with Crippen LogP contribution in [-0.4, -0.2) is 48.6 Å². The second-order valence-corrected chi connectivity index (χ2v) is 6.23. The van der Waals surface area contributed by atoms with Crippen molar-refractivity contribution in [1.29, 1.82) is 0 Å². The Bertz CT molecular complexity index is 432. The maximum absolute atomic E-state index is 5.74. The summed E-state index contributed by atoms with van der Waals surface area (Å²) in [6.07, 6.45) is 5.10. The van der Waals surface area contributed by atoms with Crippen LogP contribution in [0.5, 0.6) is 0 Å². The Kier molecular flexibility index (Phi) is 4.71. The summed E-state index contributed by atoms with van der Waals surface area (Å²) in [4.78, 5) is 5.36. The molecule has 1 atom stereocenters. The highest BCUT2D eigenvalue weighted by Gasteiger charge is 2.28. The van der Waals surface area contributed by atoms with Crippen molar-refractivity contribution in [3.8, 4) is 0 Å². The highest BCUT2D eigenvalue weighted by Crippen LogP contribution is 2.23. The SMILES string of the molecule is NCCc1ccccc1CN1CCCN2CCCC2C1. The number of nitrogens with zero attached hydrogens (tertiary/aromatic N) is 2. The van der Waals surface area contributed by atoms with Gasteiger partial charge < -0.3 is 5.73 Å². The molecule has 1 unspecified atom stereocenters. The zero-order valence-electron chi connectivity index (χ0n) is 12.4. The van der Waals surface area contributed by atoms with Crippen LogP contribution < -0.4 is 5.73 Å². The van der Waals surface area contributed by atoms with Crippen molar-refractivity contribution in [3.05, 3.63) is 35.4 Å². The largest absolute Gasteiger partial charge is 0.330 e. The van der Waals surface area contributed by atoms with Gasteiger partial charge in [-0.1, -0.05) is 24.3 Å². The van der Waals surface area contributed by atoms with Gasteiger partial charge in [0.1, 0.15) is 0 Å². The van der Waals surface area contributed by atoms with E-state index in [-0.39, 0.29) is 0 Å². The quantitative estimate of drug-likeness (QED) is 0.909. The van der Waals surface area contributed by atoms with E-state index < -0.39 is 0 Å². The van der Waals surface area contributed by atoms with Crippen molar-refractivity contribution < 1.29 is 0 Å². The summed E-state index contributed by atoms with van der Waals surface area (Å²) in [6, 6.07) is 9.62. The van der Waals surface area contributed by atoms with Crippen molar-refractivity contribution in [2.75, 3.05) is 32.7 Å². The summed E-state index contributed by atoms with van der Waals surface area (Å²) in [5.74, 6) is 0. The highest BCUT2D eigenvalue weighted by atomic mass is 15.3. The van der Waals surface area contributed by atoms with E-state index in [1.54, 1.807) is 0 Å². The highest BCUT2D eigenvalue weighted by molar-refractivity contribution is 5.27. The lowest BCUT2D eigenvalue weighted by atomic mass is 10.0. The minimum atomic E-state index is 0.743. The van der Waals surface area contributed by atoms with E-state index in [0.29, 0.717) is 0 Å². The molecule has 0 aromatic heterocycles. The molecule has 1 aromatic carbocycles. The predicted molar refractivity (Wildman–Crippen MR) is 83.7 cm³/mol. The van der Waals surface area contributed by atoms with E-state index in [1.807, 2.05) is 0 Å². The van der Waals surface area contributed by atoms with Crippen molar-refractivity contribution in [1.82, 2.24) is 9.80 Å². The number of benzene rings is 1. The zero-order chi connectivity index (χ0) is 13.8. The normalized spacial score (nSPS) is 24.6. The molecule has 2 aliphatic heterocycles. The predicted octanol–water partition coefficient (Wildman–Crippen LogP) is 1.86. The summed E-state index contributed by atoms with van der Waals surface area (Å²) in [5.41, 5.74) is 8.65. The van der Waals surface area contributed by atoms with Gasteiger partial charge in [0.2, 0.25) is 0 Å². The maximum Gasteiger partial charge on any atom is 0.0237 e. The molecule has 0 saturated carbocycles. The van der Waals surface area contributed by atoms with Crippen molar-refractivity contribution in [2.45, 2.75) is 38.3 Å². The average Bonchev–Trinajstić information content (AvgIpc) is 2.80. The molecule has 2 saturated heterocycles. The molecular weight excluding hydrogens is 246 g/mol. The van der Waals surface area contributed by atoms with E-state index in [4.69, 9.17) is 5.73 Å². The third-order valence-electron chi connectivity index (χ3n) is 4.81. The number of hydrogen-bond acceptors (Lipinski definition) is 3. The number of rotatable bonds is 4. The fourth-order valence-corrected chi connectivity index (χ4v) is 3.78. The fourth-order valence-electron chi connectivity index (χ4n) is 3.78. The maximum atomic E-state index is 5.74. The first-order valence-electron chi connectivity index (χ1n) is 8.10. The first-order chi connectivity index (χ1) is 9.86. The van der Waals surface area contributed by atoms with Crippen LogP contribution in [0.4, 0.5) is 0 Å². The van der Waals surface area contributed by atoms with Crippen molar-refractivity contribution >= 4 is 0 Å². The Labute approximate surface area is 122 Å². The molecule has 3 rings (SSSR count). The molecule has 2 fully saturated rings. The van der Waals surface area contributed by atoms with E-state index >= 15 is 0 Å². The van der Waals surface area contributed by atoms with Crippen LogP contribution in [0.3, 0.4) is 0 Å². The second kappa shape index (κ2) is 6.70. The summed E-state index contributed by atoms with van der Waals surface area (Å²) >= 11 is 0. The summed E-state index contributed by atoms with van der Waals surface area (Å²) in [6.45, 7) is 6.95. The molecule has 0 bridgehead atoms. The third kappa shape index (κ3) is 3.22. The van der Waals surface area contributed by atoms with Crippen LogP contribution in [0.15, 0.2) is 24.3 Å².